The lowest BCUT2D eigenvalue weighted by molar-refractivity contribution is -0.122. The smallest absolute Gasteiger partial charge is 0.223 e. The van der Waals surface area contributed by atoms with Gasteiger partial charge < -0.3 is 15.4 Å². The van der Waals surface area contributed by atoms with Gasteiger partial charge in [-0.05, 0) is 42.2 Å². The maximum atomic E-state index is 12.2. The van der Waals surface area contributed by atoms with Crippen LogP contribution >= 0.6 is 0 Å². The second-order valence-electron chi connectivity index (χ2n) is 5.95. The van der Waals surface area contributed by atoms with Crippen molar-refractivity contribution in [2.75, 3.05) is 25.5 Å². The zero-order chi connectivity index (χ0) is 17.6. The number of carbonyl (C=O) groups excluding carboxylic acids is 1. The van der Waals surface area contributed by atoms with Crippen LogP contribution in [0.4, 0.5) is 5.82 Å². The van der Waals surface area contributed by atoms with E-state index < -0.39 is 0 Å². The topological polar surface area (TPSA) is 87.0 Å². The molecule has 1 aromatic heterocycles. The number of nitriles is 1. The number of carbonyl (C=O) groups is 1. The van der Waals surface area contributed by atoms with Gasteiger partial charge in [0.25, 0.3) is 0 Å². The van der Waals surface area contributed by atoms with E-state index in [1.54, 1.807) is 25.4 Å². The van der Waals surface area contributed by atoms with E-state index in [1.807, 2.05) is 24.3 Å². The summed E-state index contributed by atoms with van der Waals surface area (Å²) in [5.41, 5.74) is 1.67. The summed E-state index contributed by atoms with van der Waals surface area (Å²) >= 11 is 0. The molecule has 128 valence electrons. The molecule has 0 unspecified atom stereocenters. The quantitative estimate of drug-likeness (QED) is 0.758. The molecule has 1 heterocycles. The first kappa shape index (κ1) is 16.8. The second kappa shape index (κ2) is 7.67. The van der Waals surface area contributed by atoms with Crippen LogP contribution < -0.4 is 15.4 Å². The summed E-state index contributed by atoms with van der Waals surface area (Å²) in [6.45, 7) is 1.02. The molecule has 0 bridgehead atoms. The van der Waals surface area contributed by atoms with Crippen molar-refractivity contribution in [3.05, 3.63) is 53.7 Å². The first-order valence-corrected chi connectivity index (χ1v) is 8.23. The van der Waals surface area contributed by atoms with Crippen molar-refractivity contribution in [1.29, 1.82) is 5.26 Å². The third-order valence-corrected chi connectivity index (χ3v) is 4.32. The van der Waals surface area contributed by atoms with Gasteiger partial charge in [0, 0.05) is 25.2 Å². The molecule has 3 rings (SSSR count). The number of rotatable bonds is 7. The van der Waals surface area contributed by atoms with Crippen molar-refractivity contribution < 1.29 is 9.53 Å². The van der Waals surface area contributed by atoms with Gasteiger partial charge in [0.05, 0.1) is 12.7 Å². The van der Waals surface area contributed by atoms with E-state index in [2.05, 4.69) is 21.7 Å². The fourth-order valence-electron chi connectivity index (χ4n) is 2.84. The van der Waals surface area contributed by atoms with Crippen LogP contribution in [0.25, 0.3) is 0 Å². The Balaban J connectivity index is 1.42. The van der Waals surface area contributed by atoms with Gasteiger partial charge in [-0.25, -0.2) is 4.98 Å². The molecule has 1 saturated carbocycles. The molecule has 0 spiro atoms. The highest BCUT2D eigenvalue weighted by molar-refractivity contribution is 5.82. The van der Waals surface area contributed by atoms with Crippen LogP contribution in [-0.4, -0.2) is 31.1 Å². The molecule has 0 saturated heterocycles. The minimum atomic E-state index is 0.0397. The summed E-state index contributed by atoms with van der Waals surface area (Å²) in [5.74, 6) is 1.77. The Morgan fingerprint density at radius 2 is 2.12 bits per heavy atom. The standard InChI is InChI=1S/C19H20N4O2/c1-25-15-6-4-13(5-7-15)16-11-17(16)19(24)23-10-9-22-18-14(12-20)3-2-8-21-18/h2-8,16-17H,9-11H2,1H3,(H,21,22)(H,23,24)/t16-,17-/m1/s1. The van der Waals surface area contributed by atoms with Gasteiger partial charge in [0.15, 0.2) is 0 Å². The number of anilines is 1. The largest absolute Gasteiger partial charge is 0.497 e. The van der Waals surface area contributed by atoms with Crippen molar-refractivity contribution in [3.8, 4) is 11.8 Å². The molecular weight excluding hydrogens is 316 g/mol. The number of nitrogens with one attached hydrogen (secondary N) is 2. The number of ether oxygens (including phenoxy) is 1. The second-order valence-corrected chi connectivity index (χ2v) is 5.95. The number of pyridine rings is 1. The van der Waals surface area contributed by atoms with Crippen molar-refractivity contribution in [3.63, 3.8) is 0 Å². The highest BCUT2D eigenvalue weighted by Gasteiger charge is 2.43. The van der Waals surface area contributed by atoms with Crippen molar-refractivity contribution in [2.24, 2.45) is 5.92 Å². The molecule has 1 aliphatic carbocycles. The molecule has 2 atom stereocenters. The monoisotopic (exact) mass is 336 g/mol. The summed E-state index contributed by atoms with van der Waals surface area (Å²) < 4.78 is 5.15. The number of nitrogens with zero attached hydrogens (tertiary/aromatic N) is 2. The van der Waals surface area contributed by atoms with Gasteiger partial charge in [-0.15, -0.1) is 0 Å². The van der Waals surface area contributed by atoms with Gasteiger partial charge >= 0.3 is 0 Å². The fourth-order valence-corrected chi connectivity index (χ4v) is 2.84. The Hall–Kier alpha value is -3.07. The lowest BCUT2D eigenvalue weighted by Gasteiger charge is -2.08. The van der Waals surface area contributed by atoms with Gasteiger partial charge in [-0.3, -0.25) is 4.79 Å². The number of methoxy groups -OCH3 is 1. The first-order chi connectivity index (χ1) is 12.2. The molecule has 1 aromatic carbocycles. The van der Waals surface area contributed by atoms with E-state index in [1.165, 1.54) is 5.56 Å². The number of amides is 1. The minimum absolute atomic E-state index is 0.0397. The minimum Gasteiger partial charge on any atom is -0.497 e. The van der Waals surface area contributed by atoms with E-state index in [0.29, 0.717) is 30.4 Å². The van der Waals surface area contributed by atoms with Crippen LogP contribution in [0.5, 0.6) is 5.75 Å². The van der Waals surface area contributed by atoms with E-state index in [4.69, 9.17) is 10.00 Å². The molecule has 2 N–H and O–H groups in total. The Morgan fingerprint density at radius 1 is 1.32 bits per heavy atom. The summed E-state index contributed by atoms with van der Waals surface area (Å²) in [6.07, 6.45) is 2.51. The maximum Gasteiger partial charge on any atom is 0.223 e. The average molecular weight is 336 g/mol. The Morgan fingerprint density at radius 3 is 2.84 bits per heavy atom. The van der Waals surface area contributed by atoms with Crippen molar-refractivity contribution in [2.45, 2.75) is 12.3 Å². The maximum absolute atomic E-state index is 12.2. The third-order valence-electron chi connectivity index (χ3n) is 4.32. The predicted molar refractivity (Wildman–Crippen MR) is 94.3 cm³/mol. The van der Waals surface area contributed by atoms with E-state index in [0.717, 1.165) is 12.2 Å². The van der Waals surface area contributed by atoms with Crippen LogP contribution in [0.2, 0.25) is 0 Å². The van der Waals surface area contributed by atoms with Crippen molar-refractivity contribution in [1.82, 2.24) is 10.3 Å². The lowest BCUT2D eigenvalue weighted by atomic mass is 10.1. The van der Waals surface area contributed by atoms with Crippen LogP contribution in [0.15, 0.2) is 42.6 Å². The molecule has 1 aliphatic rings. The Labute approximate surface area is 146 Å². The van der Waals surface area contributed by atoms with E-state index in [-0.39, 0.29) is 11.8 Å². The molecule has 2 aromatic rings. The molecule has 1 fully saturated rings. The number of hydrogen-bond donors (Lipinski definition) is 2. The molecular formula is C19H20N4O2. The fraction of sp³-hybridized carbons (Fsp3) is 0.316. The first-order valence-electron chi connectivity index (χ1n) is 8.23. The van der Waals surface area contributed by atoms with Crippen LogP contribution in [0, 0.1) is 17.2 Å². The molecule has 0 aliphatic heterocycles. The van der Waals surface area contributed by atoms with Gasteiger partial charge in [0.2, 0.25) is 5.91 Å². The molecule has 1 amide bonds. The molecule has 6 heteroatoms. The van der Waals surface area contributed by atoms with Gasteiger partial charge in [0.1, 0.15) is 17.6 Å². The summed E-state index contributed by atoms with van der Waals surface area (Å²) in [4.78, 5) is 16.3. The lowest BCUT2D eigenvalue weighted by Crippen LogP contribution is -2.30. The summed E-state index contributed by atoms with van der Waals surface area (Å²) in [5, 5.41) is 15.0. The highest BCUT2D eigenvalue weighted by atomic mass is 16.5. The van der Waals surface area contributed by atoms with Crippen LogP contribution in [0.1, 0.15) is 23.5 Å². The SMILES string of the molecule is COc1ccc([C@H]2C[C@H]2C(=O)NCCNc2ncccc2C#N)cc1. The Bertz CT molecular complexity index is 783. The Kier molecular flexibility index (Phi) is 5.14. The van der Waals surface area contributed by atoms with Crippen molar-refractivity contribution >= 4 is 11.7 Å². The zero-order valence-corrected chi connectivity index (χ0v) is 14.0. The normalized spacial score (nSPS) is 18.1. The highest BCUT2D eigenvalue weighted by Crippen LogP contribution is 2.47. The molecule has 0 radical (unpaired) electrons. The molecule has 25 heavy (non-hydrogen) atoms. The number of benzene rings is 1. The summed E-state index contributed by atoms with van der Waals surface area (Å²) in [7, 11) is 1.64. The summed E-state index contributed by atoms with van der Waals surface area (Å²) in [6, 6.07) is 13.4. The van der Waals surface area contributed by atoms with Gasteiger partial charge in [-0.2, -0.15) is 5.26 Å². The van der Waals surface area contributed by atoms with E-state index in [9.17, 15) is 4.79 Å². The molecule has 6 nitrogen and oxygen atoms in total. The number of hydrogen-bond acceptors (Lipinski definition) is 5. The zero-order valence-electron chi connectivity index (χ0n) is 14.0. The van der Waals surface area contributed by atoms with Gasteiger partial charge in [-0.1, -0.05) is 12.1 Å². The van der Waals surface area contributed by atoms with Crippen LogP contribution in [0.3, 0.4) is 0 Å². The third kappa shape index (κ3) is 4.07. The predicted octanol–water partition coefficient (Wildman–Crippen LogP) is 2.29. The van der Waals surface area contributed by atoms with Crippen LogP contribution in [-0.2, 0) is 4.79 Å². The van der Waals surface area contributed by atoms with E-state index >= 15 is 0 Å². The average Bonchev–Trinajstić information content (AvgIpc) is 3.46. The number of aromatic nitrogens is 1.